The highest BCUT2D eigenvalue weighted by molar-refractivity contribution is 7.89. The Hall–Kier alpha value is -1.11. The summed E-state index contributed by atoms with van der Waals surface area (Å²) in [7, 11) is -1.65. The zero-order chi connectivity index (χ0) is 15.9. The quantitative estimate of drug-likeness (QED) is 0.733. The van der Waals surface area contributed by atoms with Crippen molar-refractivity contribution in [1.29, 1.82) is 0 Å². The molecule has 0 aliphatic carbocycles. The molecule has 1 aromatic carbocycles. The summed E-state index contributed by atoms with van der Waals surface area (Å²) in [4.78, 5) is 0.277. The Kier molecular flexibility index (Phi) is 7.14. The molecule has 0 saturated heterocycles. The highest BCUT2D eigenvalue weighted by Crippen LogP contribution is 2.23. The van der Waals surface area contributed by atoms with Crippen LogP contribution in [0.1, 0.15) is 32.8 Å². The Bertz CT molecular complexity index is 544. The zero-order valence-electron chi connectivity index (χ0n) is 13.3. The van der Waals surface area contributed by atoms with Crippen LogP contribution in [-0.4, -0.2) is 28.6 Å². The molecule has 0 radical (unpaired) electrons. The molecule has 0 amide bonds. The number of ether oxygens (including phenoxy) is 1. The summed E-state index contributed by atoms with van der Waals surface area (Å²) in [6.07, 6.45) is 0.941. The minimum atomic E-state index is -3.47. The van der Waals surface area contributed by atoms with Gasteiger partial charge in [0.25, 0.3) is 0 Å². The van der Waals surface area contributed by atoms with Crippen molar-refractivity contribution in [3.63, 3.8) is 0 Å². The predicted molar refractivity (Wildman–Crippen MR) is 85.0 cm³/mol. The zero-order valence-corrected chi connectivity index (χ0v) is 14.1. The van der Waals surface area contributed by atoms with Crippen LogP contribution >= 0.6 is 0 Å². The molecule has 1 unspecified atom stereocenters. The molecule has 0 aliphatic rings. The second-order valence-electron chi connectivity index (χ2n) is 5.10. The maximum atomic E-state index is 12.3. The molecule has 1 atom stereocenters. The molecule has 0 saturated carbocycles. The van der Waals surface area contributed by atoms with Crippen LogP contribution in [0.15, 0.2) is 23.1 Å². The average Bonchev–Trinajstić information content (AvgIpc) is 2.47. The predicted octanol–water partition coefficient (Wildman–Crippen LogP) is 2.13. The van der Waals surface area contributed by atoms with E-state index < -0.39 is 10.0 Å². The molecule has 0 fully saturated rings. The van der Waals surface area contributed by atoms with Crippen LogP contribution in [0, 0.1) is 5.92 Å². The van der Waals surface area contributed by atoms with Crippen molar-refractivity contribution in [2.24, 2.45) is 5.92 Å². The van der Waals surface area contributed by atoms with Crippen LogP contribution in [0.2, 0.25) is 0 Å². The Labute approximate surface area is 128 Å². The first kappa shape index (κ1) is 17.9. The van der Waals surface area contributed by atoms with Crippen LogP contribution in [-0.2, 0) is 16.6 Å². The Morgan fingerprint density at radius 2 is 2.00 bits per heavy atom. The monoisotopic (exact) mass is 314 g/mol. The molecule has 1 aromatic rings. The van der Waals surface area contributed by atoms with Gasteiger partial charge in [-0.05, 0) is 38.1 Å². The van der Waals surface area contributed by atoms with Gasteiger partial charge in [-0.1, -0.05) is 20.3 Å². The third-order valence-corrected chi connectivity index (χ3v) is 4.75. The molecular formula is C15H26N2O3S. The van der Waals surface area contributed by atoms with Crippen LogP contribution in [0.3, 0.4) is 0 Å². The number of hydrogen-bond donors (Lipinski definition) is 2. The average molecular weight is 314 g/mol. The van der Waals surface area contributed by atoms with Gasteiger partial charge < -0.3 is 10.1 Å². The molecule has 0 spiro atoms. The first-order chi connectivity index (χ1) is 9.94. The van der Waals surface area contributed by atoms with Crippen molar-refractivity contribution in [3.8, 4) is 5.75 Å². The van der Waals surface area contributed by atoms with E-state index in [1.54, 1.807) is 18.2 Å². The summed E-state index contributed by atoms with van der Waals surface area (Å²) in [6.45, 7) is 7.53. The lowest BCUT2D eigenvalue weighted by atomic mass is 10.1. The van der Waals surface area contributed by atoms with Crippen molar-refractivity contribution in [2.45, 2.75) is 38.6 Å². The first-order valence-electron chi connectivity index (χ1n) is 7.34. The molecule has 120 valence electrons. The minimum absolute atomic E-state index is 0.277. The number of sulfonamides is 1. The summed E-state index contributed by atoms with van der Waals surface area (Å²) in [5.41, 5.74) is 0.839. The lowest BCUT2D eigenvalue weighted by Gasteiger charge is -2.14. The Morgan fingerprint density at radius 1 is 1.29 bits per heavy atom. The van der Waals surface area contributed by atoms with E-state index in [1.807, 2.05) is 27.8 Å². The van der Waals surface area contributed by atoms with Crippen LogP contribution in [0.4, 0.5) is 0 Å². The van der Waals surface area contributed by atoms with E-state index in [-0.39, 0.29) is 4.90 Å². The van der Waals surface area contributed by atoms with Gasteiger partial charge in [-0.15, -0.1) is 0 Å². The van der Waals surface area contributed by atoms with Crippen LogP contribution < -0.4 is 14.8 Å². The van der Waals surface area contributed by atoms with Gasteiger partial charge in [0.1, 0.15) is 5.75 Å². The fourth-order valence-electron chi connectivity index (χ4n) is 1.83. The maximum absolute atomic E-state index is 12.3. The van der Waals surface area contributed by atoms with E-state index in [4.69, 9.17) is 4.74 Å². The summed E-state index contributed by atoms with van der Waals surface area (Å²) in [5, 5.41) is 3.03. The molecule has 21 heavy (non-hydrogen) atoms. The van der Waals surface area contributed by atoms with Crippen molar-refractivity contribution in [3.05, 3.63) is 23.8 Å². The van der Waals surface area contributed by atoms with Gasteiger partial charge in [0, 0.05) is 18.7 Å². The van der Waals surface area contributed by atoms with Gasteiger partial charge in [0.2, 0.25) is 10.0 Å². The Balaban J connectivity index is 2.98. The highest BCUT2D eigenvalue weighted by Gasteiger charge is 2.17. The van der Waals surface area contributed by atoms with Gasteiger partial charge in [0.05, 0.1) is 11.5 Å². The number of rotatable bonds is 9. The smallest absolute Gasteiger partial charge is 0.240 e. The fourth-order valence-corrected chi connectivity index (χ4v) is 3.04. The lowest BCUT2D eigenvalue weighted by molar-refractivity contribution is 0.335. The topological polar surface area (TPSA) is 67.4 Å². The fraction of sp³-hybridized carbons (Fsp3) is 0.600. The molecule has 1 rings (SSSR count). The molecule has 0 heterocycles. The highest BCUT2D eigenvalue weighted by atomic mass is 32.2. The van der Waals surface area contributed by atoms with Gasteiger partial charge >= 0.3 is 0 Å². The number of nitrogens with one attached hydrogen (secondary N) is 2. The Morgan fingerprint density at radius 3 is 2.57 bits per heavy atom. The van der Waals surface area contributed by atoms with Crippen molar-refractivity contribution < 1.29 is 13.2 Å². The largest absolute Gasteiger partial charge is 0.494 e. The van der Waals surface area contributed by atoms with Gasteiger partial charge in [-0.25, -0.2) is 13.1 Å². The van der Waals surface area contributed by atoms with Crippen molar-refractivity contribution in [2.75, 3.05) is 20.2 Å². The van der Waals surface area contributed by atoms with Crippen LogP contribution in [0.5, 0.6) is 5.75 Å². The number of benzene rings is 1. The van der Waals surface area contributed by atoms with Crippen LogP contribution in [0.25, 0.3) is 0 Å². The second-order valence-corrected chi connectivity index (χ2v) is 6.87. The molecule has 0 bridgehead atoms. The van der Waals surface area contributed by atoms with Gasteiger partial charge in [0.15, 0.2) is 0 Å². The lowest BCUT2D eigenvalue weighted by Crippen LogP contribution is -2.28. The molecule has 5 nitrogen and oxygen atoms in total. The molecule has 2 N–H and O–H groups in total. The standard InChI is InChI=1S/C15H26N2O3S/c1-5-12(3)10-17-21(18,19)14-7-8-15(20-6-2)13(9-14)11-16-4/h7-9,12,16-17H,5-6,10-11H2,1-4H3. The van der Waals surface area contributed by atoms with E-state index in [0.29, 0.717) is 31.4 Å². The van der Waals surface area contributed by atoms with E-state index in [2.05, 4.69) is 10.0 Å². The van der Waals surface area contributed by atoms with Gasteiger partial charge in [-0.3, -0.25) is 0 Å². The van der Waals surface area contributed by atoms with Gasteiger partial charge in [-0.2, -0.15) is 0 Å². The normalized spacial score (nSPS) is 13.1. The summed E-state index contributed by atoms with van der Waals surface area (Å²) >= 11 is 0. The summed E-state index contributed by atoms with van der Waals surface area (Å²) < 4.78 is 32.8. The van der Waals surface area contributed by atoms with Crippen molar-refractivity contribution >= 4 is 10.0 Å². The minimum Gasteiger partial charge on any atom is -0.494 e. The number of hydrogen-bond acceptors (Lipinski definition) is 4. The maximum Gasteiger partial charge on any atom is 0.240 e. The van der Waals surface area contributed by atoms with E-state index in [0.717, 1.165) is 12.0 Å². The third kappa shape index (κ3) is 5.30. The first-order valence-corrected chi connectivity index (χ1v) is 8.82. The summed E-state index contributed by atoms with van der Waals surface area (Å²) in [5.74, 6) is 1.03. The van der Waals surface area contributed by atoms with E-state index in [9.17, 15) is 8.42 Å². The van der Waals surface area contributed by atoms with E-state index >= 15 is 0 Å². The third-order valence-electron chi connectivity index (χ3n) is 3.33. The summed E-state index contributed by atoms with van der Waals surface area (Å²) in [6, 6.07) is 4.97. The SMILES string of the molecule is CCOc1ccc(S(=O)(=O)NCC(C)CC)cc1CNC. The van der Waals surface area contributed by atoms with E-state index in [1.165, 1.54) is 0 Å². The van der Waals surface area contributed by atoms with Crippen molar-refractivity contribution in [1.82, 2.24) is 10.0 Å². The molecule has 0 aliphatic heterocycles. The molecular weight excluding hydrogens is 288 g/mol. The molecule has 0 aromatic heterocycles. The molecule has 6 heteroatoms. The second kappa shape index (κ2) is 8.36.